The Bertz CT molecular complexity index is 967. The van der Waals surface area contributed by atoms with E-state index in [0.29, 0.717) is 5.69 Å². The second-order valence-corrected chi connectivity index (χ2v) is 7.00. The molecule has 2 rings (SSSR count). The number of aromatic nitrogens is 2. The number of H-pyrrole nitrogens is 1. The number of aryl methyl sites for hydroxylation is 1. The molecule has 1 heterocycles. The molecular weight excluding hydrogens is 324 g/mol. The third-order valence-corrected chi connectivity index (χ3v) is 4.35. The van der Waals surface area contributed by atoms with Gasteiger partial charge in [-0.05, 0) is 25.1 Å². The number of hydrogen-bond acceptors (Lipinski definition) is 5. The second kappa shape index (κ2) is 4.80. The minimum absolute atomic E-state index is 0.388. The predicted octanol–water partition coefficient (Wildman–Crippen LogP) is -0.0326. The van der Waals surface area contributed by atoms with Crippen LogP contribution in [0.2, 0.25) is 0 Å². The first-order valence-electron chi connectivity index (χ1n) is 5.38. The van der Waals surface area contributed by atoms with Crippen molar-refractivity contribution in [3.63, 3.8) is 0 Å². The first-order chi connectivity index (χ1) is 9.50. The van der Waals surface area contributed by atoms with Crippen LogP contribution in [0.1, 0.15) is 5.69 Å². The quantitative estimate of drug-likeness (QED) is 0.668. The lowest BCUT2D eigenvalue weighted by atomic mass is 10.3. The zero-order valence-electron chi connectivity index (χ0n) is 10.5. The molecule has 1 aromatic carbocycles. The van der Waals surface area contributed by atoms with Gasteiger partial charge in [0, 0.05) is 11.8 Å². The van der Waals surface area contributed by atoms with Gasteiger partial charge in [0.15, 0.2) is 0 Å². The standard InChI is InChI=1S/C10H10N2O7S2/c1-6-4-10(13)12(11-6)8-5-7(20(14,15)16)2-3-9(8)21(17,18)19/h2-5,11H,1H3,(H,14,15,16)(H,17,18,19). The van der Waals surface area contributed by atoms with Gasteiger partial charge in [-0.15, -0.1) is 0 Å². The Morgan fingerprint density at radius 2 is 1.67 bits per heavy atom. The Hall–Kier alpha value is -1.95. The molecule has 0 bridgehead atoms. The minimum atomic E-state index is -4.71. The molecule has 0 aliphatic carbocycles. The van der Waals surface area contributed by atoms with Crippen molar-refractivity contribution in [2.24, 2.45) is 0 Å². The molecule has 0 spiro atoms. The lowest BCUT2D eigenvalue weighted by molar-refractivity contribution is 0.477. The zero-order chi connectivity index (χ0) is 16.0. The molecule has 0 aliphatic heterocycles. The molecule has 11 heteroatoms. The molecule has 1 aromatic heterocycles. The van der Waals surface area contributed by atoms with Crippen LogP contribution in [0.5, 0.6) is 0 Å². The maximum atomic E-state index is 11.7. The van der Waals surface area contributed by atoms with Gasteiger partial charge in [0.05, 0.1) is 10.6 Å². The van der Waals surface area contributed by atoms with Gasteiger partial charge < -0.3 is 0 Å². The van der Waals surface area contributed by atoms with E-state index in [1.165, 1.54) is 6.92 Å². The van der Waals surface area contributed by atoms with Gasteiger partial charge in [0.25, 0.3) is 25.8 Å². The fourth-order valence-corrected chi connectivity index (χ4v) is 2.90. The number of hydrogen-bond donors (Lipinski definition) is 3. The van der Waals surface area contributed by atoms with E-state index in [-0.39, 0.29) is 0 Å². The van der Waals surface area contributed by atoms with Gasteiger partial charge in [-0.1, -0.05) is 0 Å². The third-order valence-electron chi connectivity index (χ3n) is 2.60. The van der Waals surface area contributed by atoms with Gasteiger partial charge in [-0.25, -0.2) is 4.68 Å². The summed E-state index contributed by atoms with van der Waals surface area (Å²) in [6, 6.07) is 3.48. The number of benzene rings is 1. The van der Waals surface area contributed by atoms with Gasteiger partial charge in [-0.3, -0.25) is 19.0 Å². The molecule has 0 fully saturated rings. The highest BCUT2D eigenvalue weighted by Gasteiger charge is 2.22. The topological polar surface area (TPSA) is 147 Å². The van der Waals surface area contributed by atoms with E-state index in [1.54, 1.807) is 0 Å². The first-order valence-corrected chi connectivity index (χ1v) is 8.26. The number of rotatable bonds is 3. The van der Waals surface area contributed by atoms with Crippen molar-refractivity contribution >= 4 is 20.2 Å². The molecule has 2 aromatic rings. The molecule has 9 nitrogen and oxygen atoms in total. The molecule has 0 aliphatic rings. The van der Waals surface area contributed by atoms with Crippen molar-refractivity contribution in [2.45, 2.75) is 16.7 Å². The average Bonchev–Trinajstić information content (AvgIpc) is 2.65. The molecule has 0 saturated heterocycles. The van der Waals surface area contributed by atoms with E-state index in [4.69, 9.17) is 9.11 Å². The molecule has 3 N–H and O–H groups in total. The molecule has 21 heavy (non-hydrogen) atoms. The van der Waals surface area contributed by atoms with Crippen LogP contribution in [0.3, 0.4) is 0 Å². The van der Waals surface area contributed by atoms with Crippen LogP contribution < -0.4 is 5.56 Å². The van der Waals surface area contributed by atoms with Crippen molar-refractivity contribution in [1.82, 2.24) is 9.78 Å². The van der Waals surface area contributed by atoms with Gasteiger partial charge in [0.1, 0.15) is 4.90 Å². The average molecular weight is 334 g/mol. The largest absolute Gasteiger partial charge is 0.296 e. The summed E-state index contributed by atoms with van der Waals surface area (Å²) < 4.78 is 63.8. The van der Waals surface area contributed by atoms with Gasteiger partial charge in [-0.2, -0.15) is 16.8 Å². The third kappa shape index (κ3) is 3.05. The predicted molar refractivity (Wildman–Crippen MR) is 70.8 cm³/mol. The minimum Gasteiger partial charge on any atom is -0.295 e. The first kappa shape index (κ1) is 15.4. The van der Waals surface area contributed by atoms with Crippen LogP contribution in [0.15, 0.2) is 38.9 Å². The lowest BCUT2D eigenvalue weighted by Gasteiger charge is -2.09. The Balaban J connectivity index is 2.89. The number of nitrogens with zero attached hydrogens (tertiary/aromatic N) is 1. The van der Waals surface area contributed by atoms with E-state index < -0.39 is 41.3 Å². The van der Waals surface area contributed by atoms with Crippen LogP contribution in [0, 0.1) is 6.92 Å². The highest BCUT2D eigenvalue weighted by Crippen LogP contribution is 2.22. The SMILES string of the molecule is Cc1cc(=O)n(-c2cc(S(=O)(=O)O)ccc2S(=O)(=O)O)[nH]1. The molecule has 0 saturated carbocycles. The highest BCUT2D eigenvalue weighted by atomic mass is 32.2. The van der Waals surface area contributed by atoms with E-state index in [0.717, 1.165) is 28.9 Å². The maximum absolute atomic E-state index is 11.7. The Kier molecular flexibility index (Phi) is 3.53. The number of aromatic amines is 1. The summed E-state index contributed by atoms with van der Waals surface area (Å²) in [6.45, 7) is 1.53. The lowest BCUT2D eigenvalue weighted by Crippen LogP contribution is -2.17. The van der Waals surface area contributed by atoms with Gasteiger partial charge in [0.2, 0.25) is 0 Å². The fraction of sp³-hybridized carbons (Fsp3) is 0.100. The smallest absolute Gasteiger partial charge is 0.295 e. The zero-order valence-corrected chi connectivity index (χ0v) is 12.1. The monoisotopic (exact) mass is 334 g/mol. The molecule has 114 valence electrons. The van der Waals surface area contributed by atoms with E-state index in [9.17, 15) is 21.6 Å². The summed E-state index contributed by atoms with van der Waals surface area (Å²) >= 11 is 0. The normalized spacial score (nSPS) is 12.5. The Labute approximate surface area is 119 Å². The molecule has 0 atom stereocenters. The molecular formula is C10H10N2O7S2. The van der Waals surface area contributed by atoms with E-state index in [2.05, 4.69) is 5.10 Å². The summed E-state index contributed by atoms with van der Waals surface area (Å²) in [5, 5.41) is 2.50. The summed E-state index contributed by atoms with van der Waals surface area (Å²) in [5.74, 6) is 0. The van der Waals surface area contributed by atoms with Gasteiger partial charge >= 0.3 is 0 Å². The molecule has 0 unspecified atom stereocenters. The highest BCUT2D eigenvalue weighted by molar-refractivity contribution is 7.86. The molecule has 0 amide bonds. The van der Waals surface area contributed by atoms with Crippen molar-refractivity contribution in [3.8, 4) is 5.69 Å². The van der Waals surface area contributed by atoms with E-state index >= 15 is 0 Å². The second-order valence-electron chi connectivity index (χ2n) is 4.19. The van der Waals surface area contributed by atoms with Crippen molar-refractivity contribution < 1.29 is 25.9 Å². The van der Waals surface area contributed by atoms with E-state index in [1.807, 2.05) is 0 Å². The summed E-state index contributed by atoms with van der Waals surface area (Å²) in [5.41, 5.74) is -0.700. The van der Waals surface area contributed by atoms with Crippen LogP contribution in [-0.2, 0) is 20.2 Å². The summed E-state index contributed by atoms with van der Waals surface area (Å²) in [4.78, 5) is 10.4. The van der Waals surface area contributed by atoms with Crippen molar-refractivity contribution in [1.29, 1.82) is 0 Å². The maximum Gasteiger partial charge on any atom is 0.296 e. The van der Waals surface area contributed by atoms with Crippen LogP contribution in [0.25, 0.3) is 5.69 Å². The Morgan fingerprint density at radius 1 is 1.05 bits per heavy atom. The summed E-state index contributed by atoms with van der Waals surface area (Å²) in [7, 11) is -9.31. The van der Waals surface area contributed by atoms with Crippen molar-refractivity contribution in [2.75, 3.05) is 0 Å². The molecule has 0 radical (unpaired) electrons. The van der Waals surface area contributed by atoms with Crippen LogP contribution >= 0.6 is 0 Å². The van der Waals surface area contributed by atoms with Crippen LogP contribution in [-0.4, -0.2) is 35.7 Å². The Morgan fingerprint density at radius 3 is 2.10 bits per heavy atom. The van der Waals surface area contributed by atoms with Crippen molar-refractivity contribution in [3.05, 3.63) is 40.3 Å². The number of nitrogens with one attached hydrogen (secondary N) is 1. The fourth-order valence-electron chi connectivity index (χ4n) is 1.74. The van der Waals surface area contributed by atoms with Crippen LogP contribution in [0.4, 0.5) is 0 Å². The summed E-state index contributed by atoms with van der Waals surface area (Å²) in [6.07, 6.45) is 0.